The molecular weight excluding hydrogens is 359 g/mol. The number of carbonyl (C=O) groups is 1. The van der Waals surface area contributed by atoms with Gasteiger partial charge < -0.3 is 14.6 Å². The van der Waals surface area contributed by atoms with Crippen molar-refractivity contribution in [3.05, 3.63) is 64.7 Å². The molecule has 26 heavy (non-hydrogen) atoms. The predicted octanol–water partition coefficient (Wildman–Crippen LogP) is 1.76. The van der Waals surface area contributed by atoms with Crippen LogP contribution in [-0.2, 0) is 4.79 Å². The molecular formula is C17H12FN4O3S-. The summed E-state index contributed by atoms with van der Waals surface area (Å²) >= 11 is 5.17. The number of aliphatic carboxylic acids is 1. The van der Waals surface area contributed by atoms with Crippen molar-refractivity contribution in [1.29, 1.82) is 0 Å². The maximum Gasteiger partial charge on any atom is 0.216 e. The van der Waals surface area contributed by atoms with Gasteiger partial charge in [-0.25, -0.2) is 9.49 Å². The second kappa shape index (κ2) is 7.70. The fraction of sp³-hybridized carbons (Fsp3) is 0.0588. The van der Waals surface area contributed by atoms with Crippen LogP contribution in [0.25, 0.3) is 11.4 Å². The SMILES string of the molecule is O=C([O-])COc1ccc(/C=N\n2c(-c3ccc(F)cc3)n[nH]c2=S)cc1. The van der Waals surface area contributed by atoms with Gasteiger partial charge in [0.15, 0.2) is 5.82 Å². The van der Waals surface area contributed by atoms with Gasteiger partial charge in [-0.2, -0.15) is 14.9 Å². The highest BCUT2D eigenvalue weighted by molar-refractivity contribution is 7.71. The van der Waals surface area contributed by atoms with E-state index in [1.54, 1.807) is 42.6 Å². The topological polar surface area (TPSA) is 95.3 Å². The monoisotopic (exact) mass is 371 g/mol. The maximum absolute atomic E-state index is 13.1. The predicted molar refractivity (Wildman–Crippen MR) is 92.7 cm³/mol. The average molecular weight is 371 g/mol. The highest BCUT2D eigenvalue weighted by atomic mass is 32.1. The molecule has 0 saturated carbocycles. The number of aromatic amines is 1. The number of ether oxygens (including phenoxy) is 1. The molecule has 0 fully saturated rings. The third-order valence-corrected chi connectivity index (χ3v) is 3.58. The van der Waals surface area contributed by atoms with Gasteiger partial charge in [0.1, 0.15) is 18.2 Å². The normalized spacial score (nSPS) is 11.0. The van der Waals surface area contributed by atoms with Crippen LogP contribution in [0.15, 0.2) is 53.6 Å². The molecule has 0 unspecified atom stereocenters. The van der Waals surface area contributed by atoms with E-state index in [0.29, 0.717) is 17.1 Å². The Hall–Kier alpha value is -3.33. The Morgan fingerprint density at radius 3 is 2.62 bits per heavy atom. The molecule has 0 radical (unpaired) electrons. The summed E-state index contributed by atoms with van der Waals surface area (Å²) in [5, 5.41) is 21.4. The van der Waals surface area contributed by atoms with Crippen molar-refractivity contribution in [3.8, 4) is 17.1 Å². The Kier molecular flexibility index (Phi) is 5.18. The number of hydrogen-bond acceptors (Lipinski definition) is 6. The van der Waals surface area contributed by atoms with Gasteiger partial charge in [-0.1, -0.05) is 0 Å². The number of nitrogens with one attached hydrogen (secondary N) is 1. The molecule has 0 saturated heterocycles. The lowest BCUT2D eigenvalue weighted by molar-refractivity contribution is -0.307. The van der Waals surface area contributed by atoms with Gasteiger partial charge >= 0.3 is 0 Å². The van der Waals surface area contributed by atoms with E-state index in [2.05, 4.69) is 15.3 Å². The highest BCUT2D eigenvalue weighted by Gasteiger charge is 2.08. The van der Waals surface area contributed by atoms with E-state index < -0.39 is 12.6 Å². The molecule has 0 aliphatic rings. The number of rotatable bonds is 6. The van der Waals surface area contributed by atoms with Crippen molar-refractivity contribution in [2.75, 3.05) is 6.61 Å². The number of benzene rings is 2. The van der Waals surface area contributed by atoms with E-state index in [1.165, 1.54) is 16.8 Å². The molecule has 0 aliphatic carbocycles. The van der Waals surface area contributed by atoms with Crippen LogP contribution in [0, 0.1) is 10.6 Å². The van der Waals surface area contributed by atoms with Crippen LogP contribution in [0.3, 0.4) is 0 Å². The quantitative estimate of drug-likeness (QED) is 0.526. The van der Waals surface area contributed by atoms with Gasteiger partial charge in [0.05, 0.1) is 12.2 Å². The van der Waals surface area contributed by atoms with Crippen molar-refractivity contribution in [2.24, 2.45) is 5.10 Å². The first-order valence-electron chi connectivity index (χ1n) is 7.43. The molecule has 0 bridgehead atoms. The van der Waals surface area contributed by atoms with Crippen LogP contribution in [0.5, 0.6) is 5.75 Å². The molecule has 2 aromatic carbocycles. The van der Waals surface area contributed by atoms with Crippen LogP contribution in [-0.4, -0.2) is 33.7 Å². The zero-order valence-corrected chi connectivity index (χ0v) is 14.1. The van der Waals surface area contributed by atoms with Crippen molar-refractivity contribution in [3.63, 3.8) is 0 Å². The molecule has 0 amide bonds. The zero-order chi connectivity index (χ0) is 18.5. The standard InChI is InChI=1S/C17H13FN4O3S/c18-13-5-3-12(4-6-13)16-20-21-17(26)22(16)19-9-11-1-7-14(8-2-11)25-10-15(23)24/h1-9H,10H2,(H,21,26)(H,23,24)/p-1/b19-9-. The molecule has 1 N–H and O–H groups in total. The van der Waals surface area contributed by atoms with Gasteiger partial charge in [0.2, 0.25) is 4.77 Å². The van der Waals surface area contributed by atoms with Crippen molar-refractivity contribution in [1.82, 2.24) is 14.9 Å². The number of carboxylic acid groups (broad SMARTS) is 1. The van der Waals surface area contributed by atoms with Crippen molar-refractivity contribution >= 4 is 24.4 Å². The summed E-state index contributed by atoms with van der Waals surface area (Å²) in [4.78, 5) is 10.4. The molecule has 9 heteroatoms. The maximum atomic E-state index is 13.1. The second-order valence-electron chi connectivity index (χ2n) is 5.15. The molecule has 0 atom stereocenters. The Morgan fingerprint density at radius 2 is 1.96 bits per heavy atom. The zero-order valence-electron chi connectivity index (χ0n) is 13.3. The summed E-state index contributed by atoms with van der Waals surface area (Å²) < 4.78 is 19.8. The van der Waals surface area contributed by atoms with Gasteiger partial charge in [-0.3, -0.25) is 0 Å². The Morgan fingerprint density at radius 1 is 1.27 bits per heavy atom. The summed E-state index contributed by atoms with van der Waals surface area (Å²) in [6.07, 6.45) is 1.56. The number of carbonyl (C=O) groups excluding carboxylic acids is 1. The number of aromatic nitrogens is 3. The number of halogens is 1. The summed E-state index contributed by atoms with van der Waals surface area (Å²) in [6, 6.07) is 12.4. The minimum Gasteiger partial charge on any atom is -0.546 e. The fourth-order valence-electron chi connectivity index (χ4n) is 2.10. The minimum absolute atomic E-state index is 0.287. The average Bonchev–Trinajstić information content (AvgIpc) is 3.00. The van der Waals surface area contributed by atoms with E-state index >= 15 is 0 Å². The van der Waals surface area contributed by atoms with E-state index in [0.717, 1.165) is 5.56 Å². The summed E-state index contributed by atoms with van der Waals surface area (Å²) in [5.74, 6) is -0.796. The molecule has 1 heterocycles. The lowest BCUT2D eigenvalue weighted by Crippen LogP contribution is -2.28. The van der Waals surface area contributed by atoms with Gasteiger partial charge in [-0.15, -0.1) is 0 Å². The fourth-order valence-corrected chi connectivity index (χ4v) is 2.28. The van der Waals surface area contributed by atoms with Crippen LogP contribution < -0.4 is 9.84 Å². The Labute approximate surface area is 152 Å². The van der Waals surface area contributed by atoms with Gasteiger partial charge in [0.25, 0.3) is 0 Å². The first-order chi connectivity index (χ1) is 12.5. The molecule has 1 aromatic heterocycles. The van der Waals surface area contributed by atoms with Crippen molar-refractivity contribution < 1.29 is 19.0 Å². The largest absolute Gasteiger partial charge is 0.546 e. The van der Waals surface area contributed by atoms with Crippen LogP contribution in [0.2, 0.25) is 0 Å². The molecule has 0 aliphatic heterocycles. The lowest BCUT2D eigenvalue weighted by atomic mass is 10.2. The Balaban J connectivity index is 1.80. The van der Waals surface area contributed by atoms with E-state index in [4.69, 9.17) is 17.0 Å². The molecule has 132 valence electrons. The van der Waals surface area contributed by atoms with Crippen LogP contribution in [0.4, 0.5) is 4.39 Å². The summed E-state index contributed by atoms with van der Waals surface area (Å²) in [5.41, 5.74) is 1.39. The Bertz CT molecular complexity index is 994. The van der Waals surface area contributed by atoms with E-state index in [1.807, 2.05) is 0 Å². The van der Waals surface area contributed by atoms with Gasteiger partial charge in [-0.05, 0) is 66.3 Å². The molecule has 0 spiro atoms. The first-order valence-corrected chi connectivity index (χ1v) is 7.84. The molecule has 3 rings (SSSR count). The lowest BCUT2D eigenvalue weighted by Gasteiger charge is -2.06. The van der Waals surface area contributed by atoms with Crippen molar-refractivity contribution in [2.45, 2.75) is 0 Å². The first kappa shape index (κ1) is 17.5. The summed E-state index contributed by atoms with van der Waals surface area (Å²) in [7, 11) is 0. The summed E-state index contributed by atoms with van der Waals surface area (Å²) in [6.45, 7) is -0.515. The van der Waals surface area contributed by atoms with E-state index in [9.17, 15) is 14.3 Å². The minimum atomic E-state index is -1.29. The van der Waals surface area contributed by atoms with Crippen LogP contribution >= 0.6 is 12.2 Å². The van der Waals surface area contributed by atoms with Gasteiger partial charge in [0, 0.05) is 5.56 Å². The van der Waals surface area contributed by atoms with Crippen LogP contribution in [0.1, 0.15) is 5.56 Å². The number of nitrogens with zero attached hydrogens (tertiary/aromatic N) is 3. The number of hydrogen-bond donors (Lipinski definition) is 1. The smallest absolute Gasteiger partial charge is 0.216 e. The third-order valence-electron chi connectivity index (χ3n) is 3.31. The molecule has 3 aromatic rings. The third kappa shape index (κ3) is 4.19. The van der Waals surface area contributed by atoms with E-state index in [-0.39, 0.29) is 10.6 Å². The number of H-pyrrole nitrogens is 1. The molecule has 7 nitrogen and oxygen atoms in total. The second-order valence-corrected chi connectivity index (χ2v) is 5.53. The highest BCUT2D eigenvalue weighted by Crippen LogP contribution is 2.18. The number of carboxylic acids is 1.